The molecule has 24 heavy (non-hydrogen) atoms. The van der Waals surface area contributed by atoms with Crippen molar-refractivity contribution >= 4 is 5.91 Å². The third-order valence-electron chi connectivity index (χ3n) is 3.73. The lowest BCUT2D eigenvalue weighted by Crippen LogP contribution is -2.26. The third kappa shape index (κ3) is 4.01. The van der Waals surface area contributed by atoms with E-state index in [0.29, 0.717) is 25.2 Å². The number of aromatic nitrogens is 5. The highest BCUT2D eigenvalue weighted by molar-refractivity contribution is 5.76. The zero-order valence-corrected chi connectivity index (χ0v) is 13.4. The van der Waals surface area contributed by atoms with Gasteiger partial charge in [-0.25, -0.2) is 0 Å². The van der Waals surface area contributed by atoms with Gasteiger partial charge in [0.05, 0.1) is 0 Å². The molecule has 2 aromatic heterocycles. The van der Waals surface area contributed by atoms with E-state index in [1.165, 1.54) is 0 Å². The standard InChI is InChI=1S/C17H18N6O/c1-23(16(24)8-7-13-5-3-9-18-11-13)12-14-4-2-6-15(10-14)17-19-21-22-20-17/h2-6,9-11H,7-8,12H2,1H3,(H,19,20,21,22). The molecule has 0 saturated heterocycles. The number of pyridine rings is 1. The van der Waals surface area contributed by atoms with Gasteiger partial charge in [0.25, 0.3) is 0 Å². The molecule has 122 valence electrons. The number of aromatic amines is 1. The number of nitrogens with one attached hydrogen (secondary N) is 1. The van der Waals surface area contributed by atoms with E-state index < -0.39 is 0 Å². The average Bonchev–Trinajstić information content (AvgIpc) is 3.15. The highest BCUT2D eigenvalue weighted by atomic mass is 16.2. The first-order valence-electron chi connectivity index (χ1n) is 7.68. The van der Waals surface area contributed by atoms with E-state index in [-0.39, 0.29) is 5.91 Å². The van der Waals surface area contributed by atoms with E-state index in [2.05, 4.69) is 25.6 Å². The monoisotopic (exact) mass is 322 g/mol. The molecular formula is C17H18N6O. The molecule has 0 spiro atoms. The fraction of sp³-hybridized carbons (Fsp3) is 0.235. The Morgan fingerprint density at radius 3 is 2.83 bits per heavy atom. The number of carbonyl (C=O) groups is 1. The molecule has 0 saturated carbocycles. The number of tetrazole rings is 1. The Labute approximate surface area is 139 Å². The molecule has 0 fully saturated rings. The van der Waals surface area contributed by atoms with Crippen molar-refractivity contribution in [1.29, 1.82) is 0 Å². The van der Waals surface area contributed by atoms with E-state index in [1.54, 1.807) is 17.3 Å². The Balaban J connectivity index is 1.59. The normalized spacial score (nSPS) is 10.5. The Morgan fingerprint density at radius 1 is 1.21 bits per heavy atom. The average molecular weight is 322 g/mol. The van der Waals surface area contributed by atoms with Crippen LogP contribution in [0.15, 0.2) is 48.8 Å². The molecule has 0 unspecified atom stereocenters. The molecule has 0 radical (unpaired) electrons. The second-order valence-corrected chi connectivity index (χ2v) is 5.55. The second-order valence-electron chi connectivity index (χ2n) is 5.55. The topological polar surface area (TPSA) is 87.7 Å². The second kappa shape index (κ2) is 7.45. The molecule has 0 aliphatic carbocycles. The fourth-order valence-electron chi connectivity index (χ4n) is 2.44. The van der Waals surface area contributed by atoms with Gasteiger partial charge in [0, 0.05) is 38.0 Å². The number of carbonyl (C=O) groups excluding carboxylic acids is 1. The molecule has 0 aliphatic rings. The summed E-state index contributed by atoms with van der Waals surface area (Å²) in [6.07, 6.45) is 4.68. The molecule has 0 bridgehead atoms. The van der Waals surface area contributed by atoms with Gasteiger partial charge in [-0.15, -0.1) is 10.2 Å². The maximum Gasteiger partial charge on any atom is 0.222 e. The lowest BCUT2D eigenvalue weighted by molar-refractivity contribution is -0.130. The van der Waals surface area contributed by atoms with E-state index in [4.69, 9.17) is 0 Å². The van der Waals surface area contributed by atoms with Gasteiger partial charge in [0.15, 0.2) is 0 Å². The molecule has 0 atom stereocenters. The number of benzene rings is 1. The van der Waals surface area contributed by atoms with Gasteiger partial charge in [-0.3, -0.25) is 9.78 Å². The van der Waals surface area contributed by atoms with Crippen LogP contribution in [0.2, 0.25) is 0 Å². The Kier molecular flexibility index (Phi) is 4.90. The molecule has 3 aromatic rings. The van der Waals surface area contributed by atoms with E-state index >= 15 is 0 Å². The van der Waals surface area contributed by atoms with Gasteiger partial charge in [0.2, 0.25) is 11.7 Å². The summed E-state index contributed by atoms with van der Waals surface area (Å²) in [4.78, 5) is 18.1. The van der Waals surface area contributed by atoms with Crippen molar-refractivity contribution in [2.24, 2.45) is 0 Å². The van der Waals surface area contributed by atoms with Crippen LogP contribution in [0, 0.1) is 0 Å². The zero-order chi connectivity index (χ0) is 16.8. The van der Waals surface area contributed by atoms with Crippen LogP contribution in [-0.2, 0) is 17.8 Å². The molecule has 1 aromatic carbocycles. The Bertz CT molecular complexity index is 788. The molecule has 1 N–H and O–H groups in total. The van der Waals surface area contributed by atoms with Crippen LogP contribution in [-0.4, -0.2) is 43.5 Å². The molecule has 1 amide bonds. The number of H-pyrrole nitrogens is 1. The van der Waals surface area contributed by atoms with Gasteiger partial charge in [-0.1, -0.05) is 24.3 Å². The number of nitrogens with zero attached hydrogens (tertiary/aromatic N) is 5. The maximum absolute atomic E-state index is 12.3. The summed E-state index contributed by atoms with van der Waals surface area (Å²) < 4.78 is 0. The van der Waals surface area contributed by atoms with Gasteiger partial charge in [-0.2, -0.15) is 5.21 Å². The van der Waals surface area contributed by atoms with Crippen molar-refractivity contribution in [2.75, 3.05) is 7.05 Å². The SMILES string of the molecule is CN(Cc1cccc(-c2nn[nH]n2)c1)C(=O)CCc1cccnc1. The smallest absolute Gasteiger partial charge is 0.222 e. The Hall–Kier alpha value is -3.09. The summed E-state index contributed by atoms with van der Waals surface area (Å²) in [7, 11) is 1.81. The molecular weight excluding hydrogens is 304 g/mol. The summed E-state index contributed by atoms with van der Waals surface area (Å²) in [5.41, 5.74) is 2.96. The summed E-state index contributed by atoms with van der Waals surface area (Å²) in [5, 5.41) is 13.9. The first-order chi connectivity index (χ1) is 11.7. The highest BCUT2D eigenvalue weighted by Crippen LogP contribution is 2.16. The van der Waals surface area contributed by atoms with Crippen LogP contribution in [0.3, 0.4) is 0 Å². The minimum Gasteiger partial charge on any atom is -0.341 e. The summed E-state index contributed by atoms with van der Waals surface area (Å²) in [6, 6.07) is 11.7. The van der Waals surface area contributed by atoms with E-state index in [9.17, 15) is 4.79 Å². The molecule has 7 nitrogen and oxygen atoms in total. The zero-order valence-electron chi connectivity index (χ0n) is 13.4. The van der Waals surface area contributed by atoms with Crippen LogP contribution in [0.25, 0.3) is 11.4 Å². The van der Waals surface area contributed by atoms with Gasteiger partial charge in [-0.05, 0) is 34.9 Å². The van der Waals surface area contributed by atoms with Crippen molar-refractivity contribution in [3.8, 4) is 11.4 Å². The molecule has 3 rings (SSSR count). The number of amides is 1. The van der Waals surface area contributed by atoms with E-state index in [1.807, 2.05) is 43.4 Å². The molecule has 7 heteroatoms. The fourth-order valence-corrected chi connectivity index (χ4v) is 2.44. The summed E-state index contributed by atoms with van der Waals surface area (Å²) >= 11 is 0. The van der Waals surface area contributed by atoms with Crippen LogP contribution in [0.4, 0.5) is 0 Å². The van der Waals surface area contributed by atoms with Gasteiger partial charge in [0.1, 0.15) is 0 Å². The van der Waals surface area contributed by atoms with Crippen molar-refractivity contribution < 1.29 is 4.79 Å². The largest absolute Gasteiger partial charge is 0.341 e. The third-order valence-corrected chi connectivity index (χ3v) is 3.73. The first kappa shape index (κ1) is 15.8. The minimum atomic E-state index is 0.101. The summed E-state index contributed by atoms with van der Waals surface area (Å²) in [5.74, 6) is 0.645. The maximum atomic E-state index is 12.3. The van der Waals surface area contributed by atoms with Crippen LogP contribution in [0.5, 0.6) is 0 Å². The summed E-state index contributed by atoms with van der Waals surface area (Å²) in [6.45, 7) is 0.539. The van der Waals surface area contributed by atoms with Crippen molar-refractivity contribution in [1.82, 2.24) is 30.5 Å². The number of hydrogen-bond donors (Lipinski definition) is 1. The van der Waals surface area contributed by atoms with E-state index in [0.717, 1.165) is 16.7 Å². The predicted octanol–water partition coefficient (Wildman–Crippen LogP) is 1.85. The van der Waals surface area contributed by atoms with Crippen molar-refractivity contribution in [3.05, 3.63) is 59.9 Å². The van der Waals surface area contributed by atoms with Crippen molar-refractivity contribution in [3.63, 3.8) is 0 Å². The lowest BCUT2D eigenvalue weighted by Gasteiger charge is -2.17. The molecule has 2 heterocycles. The Morgan fingerprint density at radius 2 is 2.08 bits per heavy atom. The highest BCUT2D eigenvalue weighted by Gasteiger charge is 2.11. The molecule has 0 aliphatic heterocycles. The number of rotatable bonds is 6. The first-order valence-corrected chi connectivity index (χ1v) is 7.68. The van der Waals surface area contributed by atoms with Crippen LogP contribution in [0.1, 0.15) is 17.5 Å². The predicted molar refractivity (Wildman–Crippen MR) is 88.6 cm³/mol. The van der Waals surface area contributed by atoms with Crippen LogP contribution >= 0.6 is 0 Å². The quantitative estimate of drug-likeness (QED) is 0.748. The van der Waals surface area contributed by atoms with Crippen molar-refractivity contribution in [2.45, 2.75) is 19.4 Å². The lowest BCUT2D eigenvalue weighted by atomic mass is 10.1. The van der Waals surface area contributed by atoms with Gasteiger partial charge < -0.3 is 4.90 Å². The van der Waals surface area contributed by atoms with Crippen LogP contribution < -0.4 is 0 Å². The minimum absolute atomic E-state index is 0.101. The number of aryl methyl sites for hydroxylation is 1. The number of hydrogen-bond acceptors (Lipinski definition) is 5. The van der Waals surface area contributed by atoms with Gasteiger partial charge >= 0.3 is 0 Å².